The number of rotatable bonds is 4. The number of carbonyl (C=O) groups excluding carboxylic acids is 1. The SMILES string of the molecule is CC(=O)Nc1cc2c(cn1)c(N1CC[C@H](N)C1)nn2-c1cccc(C(C)(F)F)n1. The van der Waals surface area contributed by atoms with Crippen LogP contribution >= 0.6 is 0 Å². The third-order valence-electron chi connectivity index (χ3n) is 4.78. The second-order valence-electron chi connectivity index (χ2n) is 7.27. The molecule has 4 heterocycles. The summed E-state index contributed by atoms with van der Waals surface area (Å²) in [7, 11) is 0. The minimum Gasteiger partial charge on any atom is -0.353 e. The van der Waals surface area contributed by atoms with Crippen LogP contribution in [0.3, 0.4) is 0 Å². The molecule has 3 aromatic rings. The van der Waals surface area contributed by atoms with Crippen molar-refractivity contribution in [1.29, 1.82) is 0 Å². The predicted molar refractivity (Wildman–Crippen MR) is 105 cm³/mol. The van der Waals surface area contributed by atoms with Gasteiger partial charge in [-0.2, -0.15) is 8.78 Å². The lowest BCUT2D eigenvalue weighted by Gasteiger charge is -2.14. The highest BCUT2D eigenvalue weighted by atomic mass is 19.3. The van der Waals surface area contributed by atoms with Gasteiger partial charge in [0.05, 0.1) is 10.9 Å². The van der Waals surface area contributed by atoms with E-state index in [4.69, 9.17) is 5.73 Å². The molecule has 1 aliphatic rings. The molecule has 0 saturated carbocycles. The number of halogens is 2. The fraction of sp³-hybridized carbons (Fsp3) is 0.368. The predicted octanol–water partition coefficient (Wildman–Crippen LogP) is 2.42. The molecule has 1 aliphatic heterocycles. The molecule has 1 amide bonds. The number of fused-ring (bicyclic) bond motifs is 1. The first-order chi connectivity index (χ1) is 13.7. The van der Waals surface area contributed by atoms with Crippen molar-refractivity contribution in [2.24, 2.45) is 5.73 Å². The molecule has 3 aromatic heterocycles. The molecule has 152 valence electrons. The second-order valence-corrected chi connectivity index (χ2v) is 7.27. The molecule has 1 saturated heterocycles. The summed E-state index contributed by atoms with van der Waals surface area (Å²) in [5.41, 5.74) is 6.29. The number of nitrogens with one attached hydrogen (secondary N) is 1. The molecule has 10 heteroatoms. The highest BCUT2D eigenvalue weighted by Crippen LogP contribution is 2.32. The average molecular weight is 401 g/mol. The zero-order chi connectivity index (χ0) is 20.8. The van der Waals surface area contributed by atoms with Crippen molar-refractivity contribution < 1.29 is 13.6 Å². The van der Waals surface area contributed by atoms with Gasteiger partial charge in [0.15, 0.2) is 11.6 Å². The molecule has 0 aliphatic carbocycles. The third kappa shape index (κ3) is 3.75. The highest BCUT2D eigenvalue weighted by Gasteiger charge is 2.28. The number of nitrogens with zero attached hydrogens (tertiary/aromatic N) is 5. The van der Waals surface area contributed by atoms with Crippen molar-refractivity contribution in [3.05, 3.63) is 36.2 Å². The number of aromatic nitrogens is 4. The summed E-state index contributed by atoms with van der Waals surface area (Å²) in [5, 5.41) is 8.00. The minimum atomic E-state index is -3.08. The molecule has 0 unspecified atom stereocenters. The van der Waals surface area contributed by atoms with E-state index in [1.54, 1.807) is 18.3 Å². The zero-order valence-corrected chi connectivity index (χ0v) is 16.1. The van der Waals surface area contributed by atoms with Crippen LogP contribution in [0.1, 0.15) is 26.0 Å². The van der Waals surface area contributed by atoms with Crippen LogP contribution in [0, 0.1) is 0 Å². The van der Waals surface area contributed by atoms with Gasteiger partial charge in [-0.3, -0.25) is 4.79 Å². The number of carbonyl (C=O) groups is 1. The van der Waals surface area contributed by atoms with Gasteiger partial charge in [-0.1, -0.05) is 6.07 Å². The summed E-state index contributed by atoms with van der Waals surface area (Å²) >= 11 is 0. The van der Waals surface area contributed by atoms with Crippen LogP contribution in [0.25, 0.3) is 16.7 Å². The van der Waals surface area contributed by atoms with E-state index in [2.05, 4.69) is 20.4 Å². The van der Waals surface area contributed by atoms with E-state index in [0.717, 1.165) is 25.3 Å². The van der Waals surface area contributed by atoms with E-state index in [0.29, 0.717) is 23.7 Å². The first kappa shape index (κ1) is 19.2. The van der Waals surface area contributed by atoms with Crippen LogP contribution in [-0.2, 0) is 10.7 Å². The Morgan fingerprint density at radius 1 is 1.38 bits per heavy atom. The monoisotopic (exact) mass is 401 g/mol. The van der Waals surface area contributed by atoms with E-state index in [-0.39, 0.29) is 23.5 Å². The molecule has 0 bridgehead atoms. The molecule has 0 radical (unpaired) electrons. The first-order valence-corrected chi connectivity index (χ1v) is 9.25. The summed E-state index contributed by atoms with van der Waals surface area (Å²) in [5.74, 6) is -2.09. The number of pyridine rings is 2. The first-order valence-electron chi connectivity index (χ1n) is 9.25. The maximum atomic E-state index is 13.8. The van der Waals surface area contributed by atoms with Crippen molar-refractivity contribution in [2.45, 2.75) is 32.2 Å². The average Bonchev–Trinajstić information content (AvgIpc) is 3.24. The molecule has 29 heavy (non-hydrogen) atoms. The van der Waals surface area contributed by atoms with Crippen LogP contribution < -0.4 is 16.0 Å². The number of alkyl halides is 2. The van der Waals surface area contributed by atoms with Gasteiger partial charge in [-0.05, 0) is 18.6 Å². The Morgan fingerprint density at radius 2 is 2.17 bits per heavy atom. The molecule has 8 nitrogen and oxygen atoms in total. The minimum absolute atomic E-state index is 0.0436. The van der Waals surface area contributed by atoms with Gasteiger partial charge >= 0.3 is 0 Å². The molecule has 4 rings (SSSR count). The van der Waals surface area contributed by atoms with Gasteiger partial charge in [0, 0.05) is 45.2 Å². The number of hydrogen-bond acceptors (Lipinski definition) is 6. The maximum absolute atomic E-state index is 13.8. The van der Waals surface area contributed by atoms with Crippen molar-refractivity contribution in [3.8, 4) is 5.82 Å². The number of anilines is 2. The fourth-order valence-electron chi connectivity index (χ4n) is 3.42. The lowest BCUT2D eigenvalue weighted by Crippen LogP contribution is -2.26. The fourth-order valence-corrected chi connectivity index (χ4v) is 3.42. The molecule has 1 fully saturated rings. The number of amides is 1. The zero-order valence-electron chi connectivity index (χ0n) is 16.1. The molecular weight excluding hydrogens is 380 g/mol. The van der Waals surface area contributed by atoms with Crippen molar-refractivity contribution in [3.63, 3.8) is 0 Å². The smallest absolute Gasteiger partial charge is 0.287 e. The van der Waals surface area contributed by atoms with Crippen molar-refractivity contribution >= 4 is 28.4 Å². The van der Waals surface area contributed by atoms with E-state index in [1.807, 2.05) is 4.90 Å². The number of nitrogens with two attached hydrogens (primary N) is 1. The van der Waals surface area contributed by atoms with Crippen LogP contribution in [0.2, 0.25) is 0 Å². The Labute approximate surface area is 165 Å². The van der Waals surface area contributed by atoms with Crippen molar-refractivity contribution in [1.82, 2.24) is 19.7 Å². The number of hydrogen-bond donors (Lipinski definition) is 2. The van der Waals surface area contributed by atoms with Gasteiger partial charge in [0.25, 0.3) is 5.92 Å². The normalized spacial score (nSPS) is 17.1. The summed E-state index contributed by atoms with van der Waals surface area (Å²) in [4.78, 5) is 21.8. The molecule has 3 N–H and O–H groups in total. The van der Waals surface area contributed by atoms with Crippen LogP contribution in [0.15, 0.2) is 30.5 Å². The lowest BCUT2D eigenvalue weighted by atomic mass is 10.2. The van der Waals surface area contributed by atoms with E-state index >= 15 is 0 Å². The molecule has 1 atom stereocenters. The second kappa shape index (κ2) is 7.03. The molecule has 0 aromatic carbocycles. The Hall–Kier alpha value is -3.14. The van der Waals surface area contributed by atoms with Gasteiger partial charge in [-0.15, -0.1) is 5.10 Å². The maximum Gasteiger partial charge on any atom is 0.287 e. The Balaban J connectivity index is 1.89. The summed E-state index contributed by atoms with van der Waals surface area (Å²) in [6.45, 7) is 3.56. The molecular formula is C19H21F2N7O. The summed E-state index contributed by atoms with van der Waals surface area (Å²) in [6.07, 6.45) is 2.45. The Kier molecular flexibility index (Phi) is 4.65. The van der Waals surface area contributed by atoms with E-state index in [9.17, 15) is 13.6 Å². The van der Waals surface area contributed by atoms with Gasteiger partial charge < -0.3 is 16.0 Å². The molecule has 0 spiro atoms. The quantitative estimate of drug-likeness (QED) is 0.696. The Morgan fingerprint density at radius 3 is 2.83 bits per heavy atom. The van der Waals surface area contributed by atoms with Crippen LogP contribution in [0.5, 0.6) is 0 Å². The van der Waals surface area contributed by atoms with E-state index in [1.165, 1.54) is 23.7 Å². The van der Waals surface area contributed by atoms with Crippen molar-refractivity contribution in [2.75, 3.05) is 23.3 Å². The largest absolute Gasteiger partial charge is 0.353 e. The van der Waals surface area contributed by atoms with Gasteiger partial charge in [-0.25, -0.2) is 14.6 Å². The third-order valence-corrected chi connectivity index (χ3v) is 4.78. The summed E-state index contributed by atoms with van der Waals surface area (Å²) in [6, 6.07) is 6.10. The van der Waals surface area contributed by atoms with Gasteiger partial charge in [0.2, 0.25) is 5.91 Å². The lowest BCUT2D eigenvalue weighted by molar-refractivity contribution is -0.114. The Bertz CT molecular complexity index is 1080. The van der Waals surface area contributed by atoms with Crippen LogP contribution in [0.4, 0.5) is 20.4 Å². The summed E-state index contributed by atoms with van der Waals surface area (Å²) < 4.78 is 29.1. The topological polar surface area (TPSA) is 102 Å². The van der Waals surface area contributed by atoms with Gasteiger partial charge in [0.1, 0.15) is 11.5 Å². The standard InChI is InChI=1S/C19H21F2N7O/c1-11(29)24-16-8-14-13(9-23-16)18(27-7-6-12(22)10-27)26-28(14)17-5-3-4-15(25-17)19(2,20)21/h3-5,8-9,12H,6-7,10,22H2,1-2H3,(H,23,24,29)/t12-/m0/s1. The van der Waals surface area contributed by atoms with Crippen LogP contribution in [-0.4, -0.2) is 44.8 Å². The highest BCUT2D eigenvalue weighted by molar-refractivity contribution is 5.95. The van der Waals surface area contributed by atoms with E-state index < -0.39 is 5.92 Å².